The first-order chi connectivity index (χ1) is 17.2. The molecule has 0 bridgehead atoms. The minimum absolute atomic E-state index is 0.0133. The minimum Gasteiger partial charge on any atom is -0.479 e. The summed E-state index contributed by atoms with van der Waals surface area (Å²) in [5, 5.41) is 7.26. The van der Waals surface area contributed by atoms with E-state index in [1.54, 1.807) is 0 Å². The molecule has 0 fully saturated rings. The highest BCUT2D eigenvalue weighted by Gasteiger charge is 2.47. The number of rotatable bonds is 5. The first-order valence-electron chi connectivity index (χ1n) is 11.7. The van der Waals surface area contributed by atoms with Gasteiger partial charge in [-0.1, -0.05) is 107 Å². The third kappa shape index (κ3) is 4.06. The topological polar surface area (TPSA) is 41.9 Å². The smallest absolute Gasteiger partial charge is 0.205 e. The summed E-state index contributed by atoms with van der Waals surface area (Å²) in [6.45, 7) is 0. The summed E-state index contributed by atoms with van der Waals surface area (Å²) < 4.78 is 7.35. The van der Waals surface area contributed by atoms with E-state index in [4.69, 9.17) is 9.84 Å². The van der Waals surface area contributed by atoms with Crippen LogP contribution >= 0.6 is 15.9 Å². The lowest BCUT2D eigenvalue weighted by Crippen LogP contribution is -2.38. The monoisotopic (exact) mass is 522 g/mol. The Morgan fingerprint density at radius 1 is 0.829 bits per heavy atom. The Balaban J connectivity index is 1.46. The Morgan fingerprint density at radius 3 is 2.23 bits per heavy atom. The lowest BCUT2D eigenvalue weighted by Gasteiger charge is -2.32. The molecular formula is C30H23BrN2O2. The highest BCUT2D eigenvalue weighted by molar-refractivity contribution is 9.10. The van der Waals surface area contributed by atoms with Crippen molar-refractivity contribution < 1.29 is 9.53 Å². The summed E-state index contributed by atoms with van der Waals surface area (Å²) in [6.07, 6.45) is 0.0605. The Kier molecular flexibility index (Phi) is 5.71. The first kappa shape index (κ1) is 21.8. The number of carbonyl (C=O) groups excluding carboxylic acids is 1. The van der Waals surface area contributed by atoms with E-state index in [0.29, 0.717) is 5.56 Å². The van der Waals surface area contributed by atoms with Crippen LogP contribution in [-0.2, 0) is 0 Å². The highest BCUT2D eigenvalue weighted by Crippen LogP contribution is 2.47. The molecule has 4 nitrogen and oxygen atoms in total. The third-order valence-electron chi connectivity index (χ3n) is 6.68. The Bertz CT molecular complexity index is 1390. The Morgan fingerprint density at radius 2 is 1.49 bits per heavy atom. The van der Waals surface area contributed by atoms with Crippen LogP contribution in [-0.4, -0.2) is 22.6 Å². The number of ether oxygens (including phenoxy) is 1. The van der Waals surface area contributed by atoms with Gasteiger partial charge in [0.15, 0.2) is 6.10 Å². The normalized spacial score (nSPS) is 20.8. The number of hydrogen-bond donors (Lipinski definition) is 0. The van der Waals surface area contributed by atoms with Crippen LogP contribution < -0.4 is 4.74 Å². The highest BCUT2D eigenvalue weighted by atomic mass is 79.9. The van der Waals surface area contributed by atoms with E-state index in [2.05, 4.69) is 57.3 Å². The van der Waals surface area contributed by atoms with Crippen LogP contribution in [0, 0.1) is 0 Å². The van der Waals surface area contributed by atoms with E-state index in [1.807, 2.05) is 72.8 Å². The third-order valence-corrected chi connectivity index (χ3v) is 7.21. The number of ketones is 1. The molecule has 3 unspecified atom stereocenters. The molecule has 4 aromatic rings. The SMILES string of the molecule is O=C(c1ccccc1)C1Oc2ccccc2C1N1N=C(c2ccc(Br)cc2)CC1c1ccccc1. The maximum absolute atomic E-state index is 13.7. The zero-order chi connectivity index (χ0) is 23.8. The molecule has 0 aliphatic carbocycles. The van der Waals surface area contributed by atoms with Crippen LogP contribution in [0.15, 0.2) is 119 Å². The van der Waals surface area contributed by atoms with Crippen molar-refractivity contribution >= 4 is 27.4 Å². The molecule has 2 aliphatic heterocycles. The average Bonchev–Trinajstić information content (AvgIpc) is 3.51. The summed E-state index contributed by atoms with van der Waals surface area (Å²) >= 11 is 3.53. The predicted molar refractivity (Wildman–Crippen MR) is 141 cm³/mol. The number of carbonyl (C=O) groups is 1. The lowest BCUT2D eigenvalue weighted by atomic mass is 9.93. The second-order valence-electron chi connectivity index (χ2n) is 8.82. The van der Waals surface area contributed by atoms with Gasteiger partial charge in [-0.15, -0.1) is 0 Å². The lowest BCUT2D eigenvalue weighted by molar-refractivity contribution is 0.0538. The molecule has 0 spiro atoms. The number of para-hydroxylation sites is 1. The van der Waals surface area contributed by atoms with E-state index >= 15 is 0 Å². The molecule has 6 rings (SSSR count). The van der Waals surface area contributed by atoms with Crippen molar-refractivity contribution in [3.05, 3.63) is 136 Å². The maximum Gasteiger partial charge on any atom is 0.205 e. The first-order valence-corrected chi connectivity index (χ1v) is 12.5. The van der Waals surface area contributed by atoms with Crippen molar-refractivity contribution in [2.45, 2.75) is 24.6 Å². The number of halogens is 1. The van der Waals surface area contributed by atoms with Gasteiger partial charge < -0.3 is 4.74 Å². The van der Waals surface area contributed by atoms with Crippen molar-refractivity contribution in [1.82, 2.24) is 5.01 Å². The molecule has 0 aromatic heterocycles. The molecule has 0 amide bonds. The van der Waals surface area contributed by atoms with Crippen molar-refractivity contribution in [2.75, 3.05) is 0 Å². The average molecular weight is 523 g/mol. The number of nitrogens with zero attached hydrogens (tertiary/aromatic N) is 2. The molecule has 5 heteroatoms. The standard InChI is InChI=1S/C30H23BrN2O2/c31-23-17-15-20(16-18-23)25-19-26(21-9-3-1-4-10-21)33(32-25)28-24-13-7-8-14-27(24)35-30(28)29(34)22-11-5-2-6-12-22/h1-18,26,28,30H,19H2. The quantitative estimate of drug-likeness (QED) is 0.265. The number of fused-ring (bicyclic) bond motifs is 1. The van der Waals surface area contributed by atoms with Gasteiger partial charge >= 0.3 is 0 Å². The van der Waals surface area contributed by atoms with Gasteiger partial charge in [0, 0.05) is 22.0 Å². The van der Waals surface area contributed by atoms with Crippen molar-refractivity contribution in [2.24, 2.45) is 5.10 Å². The number of hydrazone groups is 1. The summed E-state index contributed by atoms with van der Waals surface area (Å²) in [4.78, 5) is 13.7. The van der Waals surface area contributed by atoms with Gasteiger partial charge in [-0.3, -0.25) is 9.80 Å². The minimum atomic E-state index is -0.686. The van der Waals surface area contributed by atoms with E-state index < -0.39 is 6.10 Å². The largest absolute Gasteiger partial charge is 0.479 e. The zero-order valence-electron chi connectivity index (χ0n) is 18.9. The number of Topliss-reactive ketones (excluding diaryl/α,β-unsaturated/α-hetero) is 1. The predicted octanol–water partition coefficient (Wildman–Crippen LogP) is 6.99. The summed E-state index contributed by atoms with van der Waals surface area (Å²) in [6, 6.07) is 35.6. The van der Waals surface area contributed by atoms with Gasteiger partial charge in [0.2, 0.25) is 5.78 Å². The molecule has 4 aromatic carbocycles. The second kappa shape index (κ2) is 9.16. The second-order valence-corrected chi connectivity index (χ2v) is 9.73. The summed E-state index contributed by atoms with van der Waals surface area (Å²) in [5.74, 6) is 0.705. The van der Waals surface area contributed by atoms with Gasteiger partial charge in [-0.2, -0.15) is 5.10 Å². The molecule has 0 saturated carbocycles. The summed E-state index contributed by atoms with van der Waals surface area (Å²) in [7, 11) is 0. The van der Waals surface area contributed by atoms with Crippen molar-refractivity contribution in [1.29, 1.82) is 0 Å². The van der Waals surface area contributed by atoms with E-state index in [0.717, 1.165) is 33.5 Å². The number of hydrogen-bond acceptors (Lipinski definition) is 4. The van der Waals surface area contributed by atoms with Gasteiger partial charge in [-0.25, -0.2) is 0 Å². The van der Waals surface area contributed by atoms with Gasteiger partial charge in [-0.05, 0) is 29.3 Å². The number of benzene rings is 4. The molecule has 35 heavy (non-hydrogen) atoms. The van der Waals surface area contributed by atoms with Crippen LogP contribution in [0.4, 0.5) is 0 Å². The fourth-order valence-corrected chi connectivity index (χ4v) is 5.25. The molecule has 0 N–H and O–H groups in total. The van der Waals surface area contributed by atoms with Crippen molar-refractivity contribution in [3.63, 3.8) is 0 Å². The van der Waals surface area contributed by atoms with Crippen LogP contribution in [0.2, 0.25) is 0 Å². The molecular weight excluding hydrogens is 500 g/mol. The van der Waals surface area contributed by atoms with Crippen molar-refractivity contribution in [3.8, 4) is 5.75 Å². The molecule has 0 radical (unpaired) electrons. The fourth-order valence-electron chi connectivity index (χ4n) is 4.99. The van der Waals surface area contributed by atoms with Crippen LogP contribution in [0.25, 0.3) is 0 Å². The molecule has 3 atom stereocenters. The maximum atomic E-state index is 13.7. The van der Waals surface area contributed by atoms with Crippen LogP contribution in [0.3, 0.4) is 0 Å². The summed E-state index contributed by atoms with van der Waals surface area (Å²) in [5.41, 5.74) is 4.88. The van der Waals surface area contributed by atoms with Gasteiger partial charge in [0.05, 0.1) is 11.8 Å². The van der Waals surface area contributed by atoms with Gasteiger partial charge in [0.25, 0.3) is 0 Å². The molecule has 2 heterocycles. The van der Waals surface area contributed by atoms with E-state index in [-0.39, 0.29) is 17.9 Å². The van der Waals surface area contributed by atoms with E-state index in [9.17, 15) is 4.79 Å². The Labute approximate surface area is 213 Å². The van der Waals surface area contributed by atoms with Gasteiger partial charge in [0.1, 0.15) is 11.8 Å². The van der Waals surface area contributed by atoms with Crippen LogP contribution in [0.1, 0.15) is 45.6 Å². The molecule has 0 saturated heterocycles. The van der Waals surface area contributed by atoms with Crippen LogP contribution in [0.5, 0.6) is 5.75 Å². The Hall–Kier alpha value is -3.70. The zero-order valence-corrected chi connectivity index (χ0v) is 20.5. The fraction of sp³-hybridized carbons (Fsp3) is 0.133. The molecule has 2 aliphatic rings. The van der Waals surface area contributed by atoms with E-state index in [1.165, 1.54) is 5.56 Å². The molecule has 172 valence electrons.